The molecule has 2 amide bonds. The maximum absolute atomic E-state index is 13.2. The summed E-state index contributed by atoms with van der Waals surface area (Å²) in [6, 6.07) is 22.8. The predicted molar refractivity (Wildman–Crippen MR) is 156 cm³/mol. The van der Waals surface area contributed by atoms with Gasteiger partial charge in [0, 0.05) is 36.6 Å². The second-order valence-electron chi connectivity index (χ2n) is 11.1. The molecule has 9 nitrogen and oxygen atoms in total. The third-order valence-corrected chi connectivity index (χ3v) is 8.14. The molecule has 3 aromatic carbocycles. The summed E-state index contributed by atoms with van der Waals surface area (Å²) in [4.78, 5) is 26.2. The van der Waals surface area contributed by atoms with E-state index in [-0.39, 0.29) is 36.9 Å². The van der Waals surface area contributed by atoms with E-state index in [1.807, 2.05) is 72.8 Å². The maximum Gasteiger partial charge on any atom is 0.230 e. The molecule has 4 atom stereocenters. The normalized spacial score (nSPS) is 23.7. The third-order valence-electron chi connectivity index (χ3n) is 8.14. The highest BCUT2D eigenvalue weighted by Gasteiger charge is 2.46. The van der Waals surface area contributed by atoms with Crippen molar-refractivity contribution in [2.45, 2.75) is 56.5 Å². The lowest BCUT2D eigenvalue weighted by atomic mass is 9.76. The molecule has 3 N–H and O–H groups in total. The number of para-hydroxylation sites is 1. The number of carbonyl (C=O) groups excluding carboxylic acids is 2. The lowest BCUT2D eigenvalue weighted by Crippen LogP contribution is -2.48. The number of hydrogen-bond acceptors (Lipinski definition) is 7. The topological polar surface area (TPSA) is 115 Å². The zero-order valence-electron chi connectivity index (χ0n) is 23.4. The number of aliphatic hydroxyl groups is 1. The van der Waals surface area contributed by atoms with Crippen LogP contribution in [0.4, 0.5) is 5.69 Å². The number of nitrogens with one attached hydrogen (secondary N) is 2. The van der Waals surface area contributed by atoms with Gasteiger partial charge in [-0.2, -0.15) is 0 Å². The molecule has 0 saturated carbocycles. The monoisotopic (exact) mass is 572 g/mol. The summed E-state index contributed by atoms with van der Waals surface area (Å²) in [5.41, 5.74) is 2.54. The number of amides is 2. The standard InChI is InChI=1S/C33H36N2O7/c36-20-30-32-28(27-16-22(35-33(32)38)8-11-29(27)41-25-12-14-39-15-13-25)17-26(42-30)18-31(37)34-19-21-6-9-24(10-7-21)40-23-4-2-1-3-5-23/h1-11,16,25-26,28,30,32,36H,12-15,17-20H2,(H,34,37)(H,35,38)/t26-,28-,30+,32+/m0/s1. The number of hydrogen-bond donors (Lipinski definition) is 3. The second kappa shape index (κ2) is 12.9. The lowest BCUT2D eigenvalue weighted by molar-refractivity contribution is -0.148. The van der Waals surface area contributed by atoms with E-state index >= 15 is 0 Å². The second-order valence-corrected chi connectivity index (χ2v) is 11.1. The number of aliphatic hydroxyl groups excluding tert-OH is 1. The van der Waals surface area contributed by atoms with E-state index in [0.29, 0.717) is 37.6 Å². The Labute approximate surface area is 245 Å². The highest BCUT2D eigenvalue weighted by molar-refractivity contribution is 5.95. The Morgan fingerprint density at radius 2 is 1.76 bits per heavy atom. The number of fused-ring (bicyclic) bond motifs is 4. The van der Waals surface area contributed by atoms with Gasteiger partial charge in [-0.15, -0.1) is 0 Å². The van der Waals surface area contributed by atoms with Crippen molar-refractivity contribution in [2.75, 3.05) is 25.1 Å². The fourth-order valence-corrected chi connectivity index (χ4v) is 6.04. The summed E-state index contributed by atoms with van der Waals surface area (Å²) in [5.74, 6) is 0.998. The average Bonchev–Trinajstić information content (AvgIpc) is 3.12. The van der Waals surface area contributed by atoms with Crippen LogP contribution < -0.4 is 20.1 Å². The summed E-state index contributed by atoms with van der Waals surface area (Å²) in [7, 11) is 0. The Balaban J connectivity index is 1.10. The van der Waals surface area contributed by atoms with E-state index in [1.165, 1.54) is 0 Å². The van der Waals surface area contributed by atoms with Crippen LogP contribution >= 0.6 is 0 Å². The first-order chi connectivity index (χ1) is 20.6. The number of carbonyl (C=O) groups is 2. The number of rotatable bonds is 9. The molecule has 2 saturated heterocycles. The Morgan fingerprint density at radius 1 is 1.00 bits per heavy atom. The van der Waals surface area contributed by atoms with Crippen molar-refractivity contribution < 1.29 is 33.6 Å². The van der Waals surface area contributed by atoms with Crippen LogP contribution in [0.1, 0.15) is 42.7 Å². The van der Waals surface area contributed by atoms with Gasteiger partial charge in [0.1, 0.15) is 23.4 Å². The van der Waals surface area contributed by atoms with Gasteiger partial charge >= 0.3 is 0 Å². The summed E-state index contributed by atoms with van der Waals surface area (Å²) < 4.78 is 23.9. The molecule has 0 aromatic heterocycles. The largest absolute Gasteiger partial charge is 0.490 e. The van der Waals surface area contributed by atoms with Gasteiger partial charge in [-0.1, -0.05) is 30.3 Å². The molecule has 0 radical (unpaired) electrons. The number of anilines is 1. The van der Waals surface area contributed by atoms with Gasteiger partial charge in [-0.05, 0) is 54.4 Å². The minimum Gasteiger partial charge on any atom is -0.490 e. The van der Waals surface area contributed by atoms with Gasteiger partial charge in [-0.3, -0.25) is 9.59 Å². The van der Waals surface area contributed by atoms with Crippen molar-refractivity contribution >= 4 is 17.5 Å². The molecule has 3 heterocycles. The van der Waals surface area contributed by atoms with Gasteiger partial charge in [-0.25, -0.2) is 0 Å². The maximum atomic E-state index is 13.2. The molecule has 3 aromatic rings. The van der Waals surface area contributed by atoms with Crippen molar-refractivity contribution in [3.8, 4) is 17.2 Å². The molecule has 0 aliphatic carbocycles. The molecule has 9 heteroatoms. The first kappa shape index (κ1) is 28.2. The predicted octanol–water partition coefficient (Wildman–Crippen LogP) is 4.54. The van der Waals surface area contributed by atoms with Crippen molar-refractivity contribution in [3.63, 3.8) is 0 Å². The summed E-state index contributed by atoms with van der Waals surface area (Å²) in [6.07, 6.45) is 1.04. The van der Waals surface area contributed by atoms with Gasteiger partial charge in [0.05, 0.1) is 44.4 Å². The molecule has 2 bridgehead atoms. The quantitative estimate of drug-likeness (QED) is 0.345. The number of ether oxygens (including phenoxy) is 4. The molecular weight excluding hydrogens is 536 g/mol. The van der Waals surface area contributed by atoms with E-state index in [4.69, 9.17) is 18.9 Å². The van der Waals surface area contributed by atoms with Gasteiger partial charge in [0.25, 0.3) is 0 Å². The molecule has 2 fully saturated rings. The molecular formula is C33H36N2O7. The molecule has 3 aliphatic heterocycles. The van der Waals surface area contributed by atoms with Gasteiger partial charge in [0.2, 0.25) is 11.8 Å². The molecule has 0 spiro atoms. The van der Waals surface area contributed by atoms with Crippen molar-refractivity contribution in [3.05, 3.63) is 83.9 Å². The fourth-order valence-electron chi connectivity index (χ4n) is 6.04. The Bertz CT molecular complexity index is 1370. The number of benzene rings is 3. The zero-order valence-corrected chi connectivity index (χ0v) is 23.4. The summed E-state index contributed by atoms with van der Waals surface area (Å²) >= 11 is 0. The highest BCUT2D eigenvalue weighted by Crippen LogP contribution is 2.46. The molecule has 220 valence electrons. The van der Waals surface area contributed by atoms with Crippen LogP contribution in [0.25, 0.3) is 0 Å². The van der Waals surface area contributed by atoms with Crippen LogP contribution in [-0.2, 0) is 25.6 Å². The summed E-state index contributed by atoms with van der Waals surface area (Å²) in [6.45, 7) is 1.36. The van der Waals surface area contributed by atoms with E-state index in [1.54, 1.807) is 0 Å². The first-order valence-corrected chi connectivity index (χ1v) is 14.6. The van der Waals surface area contributed by atoms with Crippen LogP contribution in [0.15, 0.2) is 72.8 Å². The Kier molecular flexibility index (Phi) is 8.69. The van der Waals surface area contributed by atoms with Crippen LogP contribution in [0.2, 0.25) is 0 Å². The zero-order chi connectivity index (χ0) is 28.9. The SMILES string of the molecule is O=C(C[C@@H]1C[C@H]2c3cc(ccc3OC3CCOCC3)NC(=O)[C@H]2[C@@H](CO)O1)NCc1ccc(Oc2ccccc2)cc1. The summed E-state index contributed by atoms with van der Waals surface area (Å²) in [5, 5.41) is 16.1. The van der Waals surface area contributed by atoms with Crippen molar-refractivity contribution in [1.29, 1.82) is 0 Å². The van der Waals surface area contributed by atoms with Crippen LogP contribution in [0.5, 0.6) is 17.2 Å². The minimum absolute atomic E-state index is 0.0419. The molecule has 0 unspecified atom stereocenters. The van der Waals surface area contributed by atoms with Crippen LogP contribution in [0, 0.1) is 5.92 Å². The fraction of sp³-hybridized carbons (Fsp3) is 0.394. The minimum atomic E-state index is -0.733. The van der Waals surface area contributed by atoms with E-state index in [2.05, 4.69) is 10.6 Å². The van der Waals surface area contributed by atoms with E-state index in [9.17, 15) is 14.7 Å². The van der Waals surface area contributed by atoms with E-state index < -0.39 is 18.1 Å². The Morgan fingerprint density at radius 3 is 2.52 bits per heavy atom. The van der Waals surface area contributed by atoms with Gasteiger partial charge < -0.3 is 34.7 Å². The lowest BCUT2D eigenvalue weighted by Gasteiger charge is -2.40. The average molecular weight is 573 g/mol. The van der Waals surface area contributed by atoms with Crippen molar-refractivity contribution in [2.24, 2.45) is 5.92 Å². The van der Waals surface area contributed by atoms with Crippen molar-refractivity contribution in [1.82, 2.24) is 5.32 Å². The van der Waals surface area contributed by atoms with Gasteiger partial charge in [0.15, 0.2) is 0 Å². The molecule has 3 aliphatic rings. The first-order valence-electron chi connectivity index (χ1n) is 14.6. The van der Waals surface area contributed by atoms with Crippen LogP contribution in [0.3, 0.4) is 0 Å². The Hall–Kier alpha value is -3.92. The molecule has 42 heavy (non-hydrogen) atoms. The molecule has 6 rings (SSSR count). The van der Waals surface area contributed by atoms with E-state index in [0.717, 1.165) is 35.5 Å². The third kappa shape index (κ3) is 6.59. The van der Waals surface area contributed by atoms with Crippen LogP contribution in [-0.4, -0.2) is 55.1 Å². The smallest absolute Gasteiger partial charge is 0.230 e. The highest BCUT2D eigenvalue weighted by atomic mass is 16.5.